The summed E-state index contributed by atoms with van der Waals surface area (Å²) in [5.41, 5.74) is 1.67. The number of carbonyl (C=O) groups is 1. The number of nitrogens with one attached hydrogen (secondary N) is 1. The lowest BCUT2D eigenvalue weighted by atomic mass is 10.2. The second-order valence-electron chi connectivity index (χ2n) is 4.26. The first-order valence-electron chi connectivity index (χ1n) is 5.64. The van der Waals surface area contributed by atoms with Crippen LogP contribution in [0.4, 0.5) is 11.6 Å². The Hall–Kier alpha value is -2.30. The molecule has 1 aromatic carbocycles. The van der Waals surface area contributed by atoms with E-state index in [2.05, 4.69) is 10.3 Å². The lowest BCUT2D eigenvalue weighted by Crippen LogP contribution is -2.15. The van der Waals surface area contributed by atoms with Crippen molar-refractivity contribution < 1.29 is 4.79 Å². The number of nitrogens with zero attached hydrogens (tertiary/aromatic N) is 3. The molecular formula is C13H16N4O. The van der Waals surface area contributed by atoms with Gasteiger partial charge in [0.15, 0.2) is 0 Å². The average Bonchev–Trinajstić information content (AvgIpc) is 2.75. The van der Waals surface area contributed by atoms with Gasteiger partial charge in [-0.05, 0) is 24.3 Å². The largest absolute Gasteiger partial charge is 0.378 e. The molecule has 0 aliphatic carbocycles. The summed E-state index contributed by atoms with van der Waals surface area (Å²) < 4.78 is 1.76. The van der Waals surface area contributed by atoms with Crippen LogP contribution in [0.15, 0.2) is 36.7 Å². The number of benzene rings is 1. The highest BCUT2D eigenvalue weighted by Gasteiger charge is 2.08. The molecule has 0 saturated heterocycles. The van der Waals surface area contributed by atoms with Crippen LogP contribution in [-0.2, 0) is 7.05 Å². The van der Waals surface area contributed by atoms with Gasteiger partial charge in [0.25, 0.3) is 5.91 Å². The van der Waals surface area contributed by atoms with E-state index in [0.717, 1.165) is 5.69 Å². The fraction of sp³-hybridized carbons (Fsp3) is 0.231. The molecule has 5 nitrogen and oxygen atoms in total. The molecule has 0 fully saturated rings. The second-order valence-corrected chi connectivity index (χ2v) is 4.26. The van der Waals surface area contributed by atoms with Crippen molar-refractivity contribution in [3.63, 3.8) is 0 Å². The van der Waals surface area contributed by atoms with E-state index in [-0.39, 0.29) is 5.91 Å². The molecule has 1 amide bonds. The van der Waals surface area contributed by atoms with Crippen LogP contribution in [0.1, 0.15) is 10.4 Å². The third-order valence-electron chi connectivity index (χ3n) is 2.69. The molecule has 1 N–H and O–H groups in total. The van der Waals surface area contributed by atoms with Gasteiger partial charge in [0.05, 0.1) is 0 Å². The van der Waals surface area contributed by atoms with Crippen LogP contribution < -0.4 is 10.2 Å². The normalized spacial score (nSPS) is 10.2. The van der Waals surface area contributed by atoms with E-state index in [9.17, 15) is 4.79 Å². The van der Waals surface area contributed by atoms with Crippen LogP contribution in [0.2, 0.25) is 0 Å². The van der Waals surface area contributed by atoms with E-state index < -0.39 is 0 Å². The SMILES string of the molecule is CN(C)c1ccc(C(=O)Nc2nccn2C)cc1. The lowest BCUT2D eigenvalue weighted by Gasteiger charge is -2.12. The number of imidazole rings is 1. The minimum atomic E-state index is -0.158. The molecule has 0 unspecified atom stereocenters. The molecule has 5 heteroatoms. The van der Waals surface area contributed by atoms with Crippen molar-refractivity contribution in [3.8, 4) is 0 Å². The second kappa shape index (κ2) is 4.91. The summed E-state index contributed by atoms with van der Waals surface area (Å²) in [7, 11) is 5.75. The highest BCUT2D eigenvalue weighted by atomic mass is 16.1. The molecule has 0 aliphatic heterocycles. The standard InChI is InChI=1S/C13H16N4O/c1-16(2)11-6-4-10(5-7-11)12(18)15-13-14-8-9-17(13)3/h4-9H,1-3H3,(H,14,15,18). The van der Waals surface area contributed by atoms with Crippen molar-refractivity contribution in [3.05, 3.63) is 42.2 Å². The van der Waals surface area contributed by atoms with Gasteiger partial charge in [-0.1, -0.05) is 0 Å². The number of hydrogen-bond donors (Lipinski definition) is 1. The van der Waals surface area contributed by atoms with Crippen molar-refractivity contribution in [2.75, 3.05) is 24.3 Å². The Labute approximate surface area is 106 Å². The van der Waals surface area contributed by atoms with E-state index in [1.54, 1.807) is 29.1 Å². The zero-order valence-corrected chi connectivity index (χ0v) is 10.7. The predicted molar refractivity (Wildman–Crippen MR) is 71.9 cm³/mol. The molecule has 18 heavy (non-hydrogen) atoms. The fourth-order valence-electron chi connectivity index (χ4n) is 1.57. The molecule has 94 valence electrons. The van der Waals surface area contributed by atoms with Gasteiger partial charge in [-0.15, -0.1) is 0 Å². The summed E-state index contributed by atoms with van der Waals surface area (Å²) in [6, 6.07) is 7.42. The maximum atomic E-state index is 12.0. The van der Waals surface area contributed by atoms with Gasteiger partial charge in [0, 0.05) is 44.8 Å². The molecule has 1 aromatic heterocycles. The van der Waals surface area contributed by atoms with Crippen molar-refractivity contribution in [2.24, 2.45) is 7.05 Å². The van der Waals surface area contributed by atoms with Gasteiger partial charge in [-0.3, -0.25) is 10.1 Å². The Bertz CT molecular complexity index is 542. The van der Waals surface area contributed by atoms with Gasteiger partial charge >= 0.3 is 0 Å². The number of rotatable bonds is 3. The molecule has 0 atom stereocenters. The molecule has 1 heterocycles. The van der Waals surface area contributed by atoms with Crippen molar-refractivity contribution >= 4 is 17.5 Å². The van der Waals surface area contributed by atoms with Gasteiger partial charge in [-0.25, -0.2) is 4.98 Å². The van der Waals surface area contributed by atoms with E-state index in [0.29, 0.717) is 11.5 Å². The summed E-state index contributed by atoms with van der Waals surface area (Å²) in [6.07, 6.45) is 3.43. The van der Waals surface area contributed by atoms with Crippen LogP contribution in [0.25, 0.3) is 0 Å². The predicted octanol–water partition coefficient (Wildman–Crippen LogP) is 1.74. The van der Waals surface area contributed by atoms with Gasteiger partial charge < -0.3 is 9.47 Å². The van der Waals surface area contributed by atoms with Gasteiger partial charge in [-0.2, -0.15) is 0 Å². The Morgan fingerprint density at radius 1 is 1.28 bits per heavy atom. The van der Waals surface area contributed by atoms with E-state index in [1.807, 2.05) is 38.2 Å². The van der Waals surface area contributed by atoms with Crippen LogP contribution >= 0.6 is 0 Å². The summed E-state index contributed by atoms with van der Waals surface area (Å²) in [6.45, 7) is 0. The van der Waals surface area contributed by atoms with Crippen LogP contribution in [-0.4, -0.2) is 29.6 Å². The van der Waals surface area contributed by atoms with Crippen molar-refractivity contribution in [1.29, 1.82) is 0 Å². The first-order valence-corrected chi connectivity index (χ1v) is 5.64. The third kappa shape index (κ3) is 2.51. The third-order valence-corrected chi connectivity index (χ3v) is 2.69. The minimum absolute atomic E-state index is 0.158. The lowest BCUT2D eigenvalue weighted by molar-refractivity contribution is 0.102. The molecule has 2 aromatic rings. The molecule has 0 bridgehead atoms. The Morgan fingerprint density at radius 3 is 2.44 bits per heavy atom. The number of amides is 1. The number of hydrogen-bond acceptors (Lipinski definition) is 3. The quantitative estimate of drug-likeness (QED) is 0.894. The number of aromatic nitrogens is 2. The maximum Gasteiger partial charge on any atom is 0.257 e. The number of carbonyl (C=O) groups excluding carboxylic acids is 1. The van der Waals surface area contributed by atoms with E-state index in [1.165, 1.54) is 0 Å². The molecule has 2 rings (SSSR count). The Balaban J connectivity index is 2.12. The van der Waals surface area contributed by atoms with Crippen molar-refractivity contribution in [2.45, 2.75) is 0 Å². The molecule has 0 saturated carbocycles. The first-order chi connectivity index (χ1) is 8.58. The Morgan fingerprint density at radius 2 is 1.94 bits per heavy atom. The van der Waals surface area contributed by atoms with Crippen LogP contribution in [0.3, 0.4) is 0 Å². The molecule has 0 radical (unpaired) electrons. The van der Waals surface area contributed by atoms with E-state index >= 15 is 0 Å². The zero-order valence-electron chi connectivity index (χ0n) is 10.7. The topological polar surface area (TPSA) is 50.2 Å². The summed E-state index contributed by atoms with van der Waals surface area (Å²) in [5, 5.41) is 2.75. The molecule has 0 spiro atoms. The highest BCUT2D eigenvalue weighted by Crippen LogP contribution is 2.13. The monoisotopic (exact) mass is 244 g/mol. The summed E-state index contributed by atoms with van der Waals surface area (Å²) >= 11 is 0. The molecular weight excluding hydrogens is 228 g/mol. The summed E-state index contributed by atoms with van der Waals surface area (Å²) in [4.78, 5) is 18.0. The summed E-state index contributed by atoms with van der Waals surface area (Å²) in [5.74, 6) is 0.381. The number of aryl methyl sites for hydroxylation is 1. The fourth-order valence-corrected chi connectivity index (χ4v) is 1.57. The first kappa shape index (κ1) is 12.2. The van der Waals surface area contributed by atoms with Crippen molar-refractivity contribution in [1.82, 2.24) is 9.55 Å². The van der Waals surface area contributed by atoms with E-state index in [4.69, 9.17) is 0 Å². The Kier molecular flexibility index (Phi) is 3.32. The smallest absolute Gasteiger partial charge is 0.257 e. The number of anilines is 2. The van der Waals surface area contributed by atoms with Crippen LogP contribution in [0.5, 0.6) is 0 Å². The van der Waals surface area contributed by atoms with Crippen LogP contribution in [0, 0.1) is 0 Å². The maximum absolute atomic E-state index is 12.0. The van der Waals surface area contributed by atoms with Gasteiger partial charge in [0.2, 0.25) is 5.95 Å². The zero-order chi connectivity index (χ0) is 13.1. The van der Waals surface area contributed by atoms with Gasteiger partial charge in [0.1, 0.15) is 0 Å². The molecule has 0 aliphatic rings. The average molecular weight is 244 g/mol. The highest BCUT2D eigenvalue weighted by molar-refractivity contribution is 6.03. The minimum Gasteiger partial charge on any atom is -0.378 e.